The summed E-state index contributed by atoms with van der Waals surface area (Å²) in [4.78, 5) is 26.7. The number of anilines is 1. The lowest BCUT2D eigenvalue weighted by Crippen LogP contribution is -2.49. The first-order valence-electron chi connectivity index (χ1n) is 10.6. The van der Waals surface area contributed by atoms with E-state index >= 15 is 0 Å². The lowest BCUT2D eigenvalue weighted by atomic mass is 10.1. The van der Waals surface area contributed by atoms with E-state index in [1.807, 2.05) is 29.2 Å². The standard InChI is InChI=1S/C23H27N5O4/c1-32-21-10-4-18(5-11-21)22(17-24)26-13-15-27(16-14-26)23(29)3-2-12-25-19-6-8-20(9-7-19)28(30)31/h4-11,22,25H,2-3,12-16H2,1H3. The van der Waals surface area contributed by atoms with Crippen LogP contribution in [0.4, 0.5) is 11.4 Å². The fourth-order valence-corrected chi connectivity index (χ4v) is 3.71. The highest BCUT2D eigenvalue weighted by molar-refractivity contribution is 5.76. The number of methoxy groups -OCH3 is 1. The second kappa shape index (κ2) is 11.1. The minimum Gasteiger partial charge on any atom is -0.497 e. The molecule has 1 N–H and O–H groups in total. The number of nitrogens with one attached hydrogen (secondary N) is 1. The minimum absolute atomic E-state index is 0.0514. The number of hydrogen-bond donors (Lipinski definition) is 1. The number of carbonyl (C=O) groups excluding carboxylic acids is 1. The van der Waals surface area contributed by atoms with Crippen molar-refractivity contribution in [1.82, 2.24) is 9.80 Å². The summed E-state index contributed by atoms with van der Waals surface area (Å²) in [6, 6.07) is 15.8. The van der Waals surface area contributed by atoms with Crippen LogP contribution in [0.3, 0.4) is 0 Å². The van der Waals surface area contributed by atoms with Crippen molar-refractivity contribution in [3.05, 3.63) is 64.2 Å². The first-order chi connectivity index (χ1) is 15.5. The van der Waals surface area contributed by atoms with Crippen LogP contribution in [0.2, 0.25) is 0 Å². The summed E-state index contributed by atoms with van der Waals surface area (Å²) in [7, 11) is 1.61. The maximum atomic E-state index is 12.5. The largest absolute Gasteiger partial charge is 0.497 e. The summed E-state index contributed by atoms with van der Waals surface area (Å²) in [6.07, 6.45) is 1.10. The number of non-ortho nitro benzene ring substituents is 1. The highest BCUT2D eigenvalue weighted by atomic mass is 16.6. The Morgan fingerprint density at radius 2 is 1.81 bits per heavy atom. The van der Waals surface area contributed by atoms with Gasteiger partial charge >= 0.3 is 0 Å². The number of rotatable bonds is 9. The van der Waals surface area contributed by atoms with Crippen molar-refractivity contribution in [3.63, 3.8) is 0 Å². The summed E-state index contributed by atoms with van der Waals surface area (Å²) in [6.45, 7) is 3.11. The van der Waals surface area contributed by atoms with E-state index < -0.39 is 4.92 Å². The first-order valence-corrected chi connectivity index (χ1v) is 10.6. The third kappa shape index (κ3) is 5.95. The number of amides is 1. The molecule has 1 amide bonds. The van der Waals surface area contributed by atoms with Crippen LogP contribution in [0, 0.1) is 21.4 Å². The summed E-state index contributed by atoms with van der Waals surface area (Å²) < 4.78 is 5.18. The molecule has 9 heteroatoms. The predicted octanol–water partition coefficient (Wildman–Crippen LogP) is 3.20. The summed E-state index contributed by atoms with van der Waals surface area (Å²) in [5.41, 5.74) is 1.76. The number of carbonyl (C=O) groups is 1. The Labute approximate surface area is 187 Å². The Balaban J connectivity index is 1.40. The van der Waals surface area contributed by atoms with Gasteiger partial charge in [0.1, 0.15) is 11.8 Å². The van der Waals surface area contributed by atoms with Gasteiger partial charge in [0.05, 0.1) is 18.1 Å². The molecule has 0 bridgehead atoms. The third-order valence-electron chi connectivity index (χ3n) is 5.56. The summed E-state index contributed by atoms with van der Waals surface area (Å²) in [5, 5.41) is 23.5. The molecule has 1 heterocycles. The fourth-order valence-electron chi connectivity index (χ4n) is 3.71. The molecule has 2 aromatic carbocycles. The zero-order chi connectivity index (χ0) is 22.9. The van der Waals surface area contributed by atoms with Crippen LogP contribution in [0.1, 0.15) is 24.4 Å². The van der Waals surface area contributed by atoms with Gasteiger partial charge < -0.3 is 15.0 Å². The number of piperazine rings is 1. The van der Waals surface area contributed by atoms with Crippen LogP contribution in [-0.2, 0) is 4.79 Å². The molecule has 2 aromatic rings. The Morgan fingerprint density at radius 1 is 1.16 bits per heavy atom. The number of nitro groups is 1. The highest BCUT2D eigenvalue weighted by Gasteiger charge is 2.26. The normalized spacial score (nSPS) is 14.9. The van der Waals surface area contributed by atoms with Gasteiger partial charge in [-0.1, -0.05) is 12.1 Å². The molecule has 1 atom stereocenters. The number of ether oxygens (including phenoxy) is 1. The highest BCUT2D eigenvalue weighted by Crippen LogP contribution is 2.24. The number of benzene rings is 2. The molecule has 1 unspecified atom stereocenters. The third-order valence-corrected chi connectivity index (χ3v) is 5.56. The Kier molecular flexibility index (Phi) is 8.00. The van der Waals surface area contributed by atoms with Gasteiger partial charge in [0, 0.05) is 57.0 Å². The van der Waals surface area contributed by atoms with Crippen LogP contribution >= 0.6 is 0 Å². The number of nitriles is 1. The van der Waals surface area contributed by atoms with Crippen LogP contribution < -0.4 is 10.1 Å². The van der Waals surface area contributed by atoms with Crippen molar-refractivity contribution >= 4 is 17.3 Å². The van der Waals surface area contributed by atoms with Gasteiger partial charge in [-0.2, -0.15) is 5.26 Å². The molecule has 0 radical (unpaired) electrons. The van der Waals surface area contributed by atoms with E-state index in [0.29, 0.717) is 45.6 Å². The molecule has 3 rings (SSSR count). The molecule has 0 saturated carbocycles. The molecular weight excluding hydrogens is 410 g/mol. The summed E-state index contributed by atoms with van der Waals surface area (Å²) >= 11 is 0. The van der Waals surface area contributed by atoms with Crippen molar-refractivity contribution < 1.29 is 14.5 Å². The SMILES string of the molecule is COc1ccc(C(C#N)N2CCN(C(=O)CCCNc3ccc([N+](=O)[O-])cc3)CC2)cc1. The van der Waals surface area contributed by atoms with Crippen LogP contribution in [-0.4, -0.2) is 60.5 Å². The van der Waals surface area contributed by atoms with E-state index in [1.165, 1.54) is 12.1 Å². The molecule has 0 spiro atoms. The van der Waals surface area contributed by atoms with Gasteiger partial charge in [0.25, 0.3) is 5.69 Å². The van der Waals surface area contributed by atoms with Gasteiger partial charge in [-0.05, 0) is 36.2 Å². The molecule has 1 aliphatic heterocycles. The van der Waals surface area contributed by atoms with E-state index in [2.05, 4.69) is 16.3 Å². The molecule has 1 saturated heterocycles. The van der Waals surface area contributed by atoms with Crippen LogP contribution in [0.25, 0.3) is 0 Å². The monoisotopic (exact) mass is 437 g/mol. The van der Waals surface area contributed by atoms with Crippen molar-refractivity contribution in [2.75, 3.05) is 45.2 Å². The van der Waals surface area contributed by atoms with Crippen LogP contribution in [0.5, 0.6) is 5.75 Å². The molecule has 32 heavy (non-hydrogen) atoms. The summed E-state index contributed by atoms with van der Waals surface area (Å²) in [5.74, 6) is 0.858. The zero-order valence-corrected chi connectivity index (χ0v) is 18.1. The Hall–Kier alpha value is -3.64. The van der Waals surface area contributed by atoms with E-state index in [-0.39, 0.29) is 17.6 Å². The van der Waals surface area contributed by atoms with Crippen LogP contribution in [0.15, 0.2) is 48.5 Å². The first kappa shape index (κ1) is 23.0. The fraction of sp³-hybridized carbons (Fsp3) is 0.391. The average molecular weight is 438 g/mol. The van der Waals surface area contributed by atoms with Gasteiger partial charge in [0.2, 0.25) is 5.91 Å². The second-order valence-electron chi connectivity index (χ2n) is 7.56. The maximum Gasteiger partial charge on any atom is 0.269 e. The molecule has 9 nitrogen and oxygen atoms in total. The zero-order valence-electron chi connectivity index (χ0n) is 18.1. The van der Waals surface area contributed by atoms with Gasteiger partial charge in [-0.3, -0.25) is 19.8 Å². The average Bonchev–Trinajstić information content (AvgIpc) is 2.83. The minimum atomic E-state index is -0.433. The Morgan fingerprint density at radius 3 is 2.38 bits per heavy atom. The van der Waals surface area contributed by atoms with Crippen molar-refractivity contribution in [2.24, 2.45) is 0 Å². The van der Waals surface area contributed by atoms with E-state index in [1.54, 1.807) is 19.2 Å². The number of hydrogen-bond acceptors (Lipinski definition) is 7. The van der Waals surface area contributed by atoms with Gasteiger partial charge in [-0.15, -0.1) is 0 Å². The van der Waals surface area contributed by atoms with E-state index in [9.17, 15) is 20.2 Å². The molecular formula is C23H27N5O4. The molecule has 0 aromatic heterocycles. The molecule has 168 valence electrons. The van der Waals surface area contributed by atoms with Crippen molar-refractivity contribution in [1.29, 1.82) is 5.26 Å². The predicted molar refractivity (Wildman–Crippen MR) is 120 cm³/mol. The molecule has 1 aliphatic rings. The van der Waals surface area contributed by atoms with Gasteiger partial charge in [0.15, 0.2) is 0 Å². The lowest BCUT2D eigenvalue weighted by molar-refractivity contribution is -0.384. The molecule has 1 fully saturated rings. The maximum absolute atomic E-state index is 12.5. The van der Waals surface area contributed by atoms with Gasteiger partial charge in [-0.25, -0.2) is 0 Å². The van der Waals surface area contributed by atoms with E-state index in [0.717, 1.165) is 17.0 Å². The lowest BCUT2D eigenvalue weighted by Gasteiger charge is -2.37. The Bertz CT molecular complexity index is 948. The smallest absolute Gasteiger partial charge is 0.269 e. The quantitative estimate of drug-likeness (QED) is 0.364. The number of nitrogens with zero attached hydrogens (tertiary/aromatic N) is 4. The topological polar surface area (TPSA) is 112 Å². The second-order valence-corrected chi connectivity index (χ2v) is 7.56. The van der Waals surface area contributed by atoms with E-state index in [4.69, 9.17) is 4.74 Å². The van der Waals surface area contributed by atoms with Crippen molar-refractivity contribution in [3.8, 4) is 11.8 Å². The molecule has 0 aliphatic carbocycles. The van der Waals surface area contributed by atoms with Crippen molar-refractivity contribution in [2.45, 2.75) is 18.9 Å². The number of nitro benzene ring substituents is 1.